The highest BCUT2D eigenvalue weighted by molar-refractivity contribution is 5.89. The van der Waals surface area contributed by atoms with Crippen molar-refractivity contribution in [2.45, 2.75) is 38.6 Å². The number of aryl methyl sites for hydroxylation is 1. The maximum Gasteiger partial charge on any atom is 0.323 e. The van der Waals surface area contributed by atoms with Crippen molar-refractivity contribution in [2.24, 2.45) is 0 Å². The highest BCUT2D eigenvalue weighted by Gasteiger charge is 2.28. The van der Waals surface area contributed by atoms with Gasteiger partial charge in [0.2, 0.25) is 0 Å². The second-order valence-corrected chi connectivity index (χ2v) is 5.67. The van der Waals surface area contributed by atoms with E-state index in [2.05, 4.69) is 10.3 Å². The number of carbonyl (C=O) groups is 1. The van der Waals surface area contributed by atoms with E-state index in [9.17, 15) is 4.79 Å². The van der Waals surface area contributed by atoms with Crippen LogP contribution in [0.2, 0.25) is 0 Å². The lowest BCUT2D eigenvalue weighted by atomic mass is 10.1. The Morgan fingerprint density at radius 1 is 1.32 bits per heavy atom. The monoisotopic (exact) mass is 299 g/mol. The van der Waals surface area contributed by atoms with Gasteiger partial charge in [-0.05, 0) is 43.5 Å². The second-order valence-electron chi connectivity index (χ2n) is 5.67. The maximum atomic E-state index is 12.7. The molecule has 0 aliphatic carbocycles. The molecule has 1 aliphatic heterocycles. The van der Waals surface area contributed by atoms with E-state index in [0.29, 0.717) is 5.82 Å². The van der Waals surface area contributed by atoms with Crippen LogP contribution in [0.25, 0.3) is 0 Å². The lowest BCUT2D eigenvalue weighted by Gasteiger charge is -2.28. The third-order valence-electron chi connectivity index (χ3n) is 4.12. The van der Waals surface area contributed by atoms with E-state index in [1.54, 1.807) is 12.5 Å². The number of anilines is 1. The average Bonchev–Trinajstić information content (AvgIpc) is 2.94. The number of nitrogens with one attached hydrogen (secondary N) is 1. The van der Waals surface area contributed by atoms with Crippen molar-refractivity contribution < 1.29 is 9.21 Å². The van der Waals surface area contributed by atoms with Crippen LogP contribution in [-0.2, 0) is 0 Å². The Kier molecular flexibility index (Phi) is 4.42. The van der Waals surface area contributed by atoms with Gasteiger partial charge in [-0.2, -0.15) is 0 Å². The SMILES string of the molecule is Cc1cccnc1NC(=O)N1CCCCCC1c1ccco1. The van der Waals surface area contributed by atoms with Gasteiger partial charge < -0.3 is 9.32 Å². The number of furan rings is 1. The molecule has 2 amide bonds. The summed E-state index contributed by atoms with van der Waals surface area (Å²) < 4.78 is 5.55. The fourth-order valence-corrected chi connectivity index (χ4v) is 2.92. The molecule has 1 aliphatic rings. The van der Waals surface area contributed by atoms with Crippen molar-refractivity contribution in [2.75, 3.05) is 11.9 Å². The highest BCUT2D eigenvalue weighted by Crippen LogP contribution is 2.31. The van der Waals surface area contributed by atoms with E-state index in [4.69, 9.17) is 4.42 Å². The normalized spacial score (nSPS) is 18.8. The molecule has 5 nitrogen and oxygen atoms in total. The molecule has 3 rings (SSSR count). The third-order valence-corrected chi connectivity index (χ3v) is 4.12. The largest absolute Gasteiger partial charge is 0.467 e. The van der Waals surface area contributed by atoms with Crippen molar-refractivity contribution in [1.29, 1.82) is 0 Å². The van der Waals surface area contributed by atoms with Crippen molar-refractivity contribution in [1.82, 2.24) is 9.88 Å². The molecule has 0 aromatic carbocycles. The summed E-state index contributed by atoms with van der Waals surface area (Å²) in [5.74, 6) is 1.48. The molecule has 2 aromatic rings. The summed E-state index contributed by atoms with van der Waals surface area (Å²) in [5.41, 5.74) is 0.959. The number of pyridine rings is 1. The molecule has 1 saturated heterocycles. The fraction of sp³-hybridized carbons (Fsp3) is 0.412. The zero-order valence-electron chi connectivity index (χ0n) is 12.8. The molecule has 0 spiro atoms. The zero-order valence-corrected chi connectivity index (χ0v) is 12.8. The molecule has 2 aromatic heterocycles. The molecule has 116 valence electrons. The van der Waals surface area contributed by atoms with E-state index in [0.717, 1.165) is 43.6 Å². The number of hydrogen-bond acceptors (Lipinski definition) is 3. The number of carbonyl (C=O) groups excluding carboxylic acids is 1. The summed E-state index contributed by atoms with van der Waals surface area (Å²) >= 11 is 0. The first-order valence-electron chi connectivity index (χ1n) is 7.78. The first-order valence-corrected chi connectivity index (χ1v) is 7.78. The van der Waals surface area contributed by atoms with Crippen molar-refractivity contribution in [3.8, 4) is 0 Å². The van der Waals surface area contributed by atoms with E-state index >= 15 is 0 Å². The fourth-order valence-electron chi connectivity index (χ4n) is 2.92. The Hall–Kier alpha value is -2.30. The summed E-state index contributed by atoms with van der Waals surface area (Å²) in [5, 5.41) is 2.93. The third kappa shape index (κ3) is 3.13. The summed E-state index contributed by atoms with van der Waals surface area (Å²) in [7, 11) is 0. The van der Waals surface area contributed by atoms with Crippen LogP contribution < -0.4 is 5.32 Å². The van der Waals surface area contributed by atoms with Gasteiger partial charge in [0.1, 0.15) is 11.6 Å². The Morgan fingerprint density at radius 3 is 3.00 bits per heavy atom. The topological polar surface area (TPSA) is 58.4 Å². The molecule has 3 heterocycles. The smallest absolute Gasteiger partial charge is 0.323 e. The van der Waals surface area contributed by atoms with Gasteiger partial charge in [0.15, 0.2) is 0 Å². The van der Waals surface area contributed by atoms with Crippen LogP contribution in [0.5, 0.6) is 0 Å². The Labute approximate surface area is 130 Å². The van der Waals surface area contributed by atoms with Crippen LogP contribution >= 0.6 is 0 Å². The standard InChI is InChI=1S/C17H21N3O2/c1-13-7-5-10-18-16(13)19-17(21)20-11-4-2-3-8-14(20)15-9-6-12-22-15/h5-7,9-10,12,14H,2-4,8,11H2,1H3,(H,18,19,21). The minimum atomic E-state index is -0.106. The number of rotatable bonds is 2. The van der Waals surface area contributed by atoms with Crippen LogP contribution in [0.1, 0.15) is 43.0 Å². The number of amides is 2. The number of likely N-dealkylation sites (tertiary alicyclic amines) is 1. The van der Waals surface area contributed by atoms with Gasteiger partial charge in [0.25, 0.3) is 0 Å². The van der Waals surface area contributed by atoms with Crippen molar-refractivity contribution >= 4 is 11.8 Å². The summed E-state index contributed by atoms with van der Waals surface area (Å²) in [6, 6.07) is 7.52. The van der Waals surface area contributed by atoms with Gasteiger partial charge in [0, 0.05) is 12.7 Å². The van der Waals surface area contributed by atoms with E-state index < -0.39 is 0 Å². The van der Waals surface area contributed by atoms with Crippen LogP contribution in [0, 0.1) is 6.92 Å². The Balaban J connectivity index is 1.80. The summed E-state index contributed by atoms with van der Waals surface area (Å²) in [4.78, 5) is 18.8. The second kappa shape index (κ2) is 6.64. The molecule has 0 bridgehead atoms. The highest BCUT2D eigenvalue weighted by atomic mass is 16.3. The van der Waals surface area contributed by atoms with Crippen LogP contribution in [-0.4, -0.2) is 22.5 Å². The first-order chi connectivity index (χ1) is 10.8. The number of hydrogen-bond donors (Lipinski definition) is 1. The summed E-state index contributed by atoms with van der Waals surface area (Å²) in [6.45, 7) is 2.68. The van der Waals surface area contributed by atoms with Gasteiger partial charge in [-0.25, -0.2) is 9.78 Å². The number of nitrogens with zero attached hydrogens (tertiary/aromatic N) is 2. The molecular formula is C17H21N3O2. The zero-order chi connectivity index (χ0) is 15.4. The molecule has 1 atom stereocenters. The maximum absolute atomic E-state index is 12.7. The predicted molar refractivity (Wildman–Crippen MR) is 84.6 cm³/mol. The lowest BCUT2D eigenvalue weighted by Crippen LogP contribution is -2.38. The first kappa shape index (κ1) is 14.6. The van der Waals surface area contributed by atoms with Gasteiger partial charge in [0.05, 0.1) is 12.3 Å². The van der Waals surface area contributed by atoms with E-state index in [-0.39, 0.29) is 12.1 Å². The lowest BCUT2D eigenvalue weighted by molar-refractivity contribution is 0.179. The van der Waals surface area contributed by atoms with Crippen molar-refractivity contribution in [3.05, 3.63) is 48.0 Å². The molecule has 0 radical (unpaired) electrons. The Morgan fingerprint density at radius 2 is 2.23 bits per heavy atom. The molecule has 22 heavy (non-hydrogen) atoms. The minimum Gasteiger partial charge on any atom is -0.467 e. The molecule has 0 saturated carbocycles. The minimum absolute atomic E-state index is 0.00141. The van der Waals surface area contributed by atoms with Gasteiger partial charge in [-0.15, -0.1) is 0 Å². The van der Waals surface area contributed by atoms with Crippen LogP contribution in [0.4, 0.5) is 10.6 Å². The molecule has 1 fully saturated rings. The van der Waals surface area contributed by atoms with Gasteiger partial charge in [-0.3, -0.25) is 5.32 Å². The van der Waals surface area contributed by atoms with Crippen molar-refractivity contribution in [3.63, 3.8) is 0 Å². The van der Waals surface area contributed by atoms with E-state index in [1.165, 1.54) is 0 Å². The summed E-state index contributed by atoms with van der Waals surface area (Å²) in [6.07, 6.45) is 7.56. The molecular weight excluding hydrogens is 278 g/mol. The molecule has 1 unspecified atom stereocenters. The van der Waals surface area contributed by atoms with Gasteiger partial charge in [-0.1, -0.05) is 18.9 Å². The molecule has 1 N–H and O–H groups in total. The number of aromatic nitrogens is 1. The van der Waals surface area contributed by atoms with Crippen LogP contribution in [0.3, 0.4) is 0 Å². The molecule has 5 heteroatoms. The average molecular weight is 299 g/mol. The van der Waals surface area contributed by atoms with Crippen LogP contribution in [0.15, 0.2) is 41.1 Å². The predicted octanol–water partition coefficient (Wildman–Crippen LogP) is 4.13. The quantitative estimate of drug-likeness (QED) is 0.907. The van der Waals surface area contributed by atoms with E-state index in [1.807, 2.05) is 36.1 Å². The number of urea groups is 1. The van der Waals surface area contributed by atoms with Gasteiger partial charge >= 0.3 is 6.03 Å². The Bertz CT molecular complexity index is 625.